The number of aliphatic carboxylic acids is 1. The summed E-state index contributed by atoms with van der Waals surface area (Å²) >= 11 is 0. The van der Waals surface area contributed by atoms with Gasteiger partial charge in [-0.25, -0.2) is 0 Å². The predicted octanol–water partition coefficient (Wildman–Crippen LogP) is 1.28. The molecule has 0 aromatic rings. The van der Waals surface area contributed by atoms with Gasteiger partial charge >= 0.3 is 5.97 Å². The van der Waals surface area contributed by atoms with Crippen LogP contribution in [0.25, 0.3) is 0 Å². The molecule has 0 aromatic heterocycles. The van der Waals surface area contributed by atoms with Crippen molar-refractivity contribution in [2.24, 2.45) is 5.41 Å². The molecule has 1 aliphatic heterocycles. The van der Waals surface area contributed by atoms with Crippen LogP contribution < -0.4 is 0 Å². The van der Waals surface area contributed by atoms with E-state index >= 15 is 0 Å². The van der Waals surface area contributed by atoms with Gasteiger partial charge in [0.05, 0.1) is 13.2 Å². The number of carboxylic acids is 1. The molecule has 11 heavy (non-hydrogen) atoms. The van der Waals surface area contributed by atoms with Crippen molar-refractivity contribution in [3.63, 3.8) is 0 Å². The van der Waals surface area contributed by atoms with Gasteiger partial charge in [0.25, 0.3) is 0 Å². The van der Waals surface area contributed by atoms with E-state index in [0.29, 0.717) is 0 Å². The molecule has 3 nitrogen and oxygen atoms in total. The van der Waals surface area contributed by atoms with E-state index in [-0.39, 0.29) is 11.8 Å². The van der Waals surface area contributed by atoms with Crippen LogP contribution in [0.3, 0.4) is 0 Å². The maximum Gasteiger partial charge on any atom is 0.303 e. The summed E-state index contributed by atoms with van der Waals surface area (Å²) in [6, 6.07) is 0. The second-order valence-corrected chi connectivity index (χ2v) is 3.24. The predicted molar refractivity (Wildman–Crippen MR) is 40.4 cm³/mol. The van der Waals surface area contributed by atoms with Crippen LogP contribution in [0.15, 0.2) is 0 Å². The number of ether oxygens (including phenoxy) is 1. The molecule has 0 bridgehead atoms. The van der Waals surface area contributed by atoms with Crippen molar-refractivity contribution >= 4 is 5.97 Å². The molecule has 0 aliphatic carbocycles. The van der Waals surface area contributed by atoms with Crippen LogP contribution in [0.2, 0.25) is 0 Å². The fourth-order valence-corrected chi connectivity index (χ4v) is 1.29. The minimum Gasteiger partial charge on any atom is -0.481 e. The maximum atomic E-state index is 10.3. The minimum atomic E-state index is -0.704. The quantitative estimate of drug-likeness (QED) is 0.670. The van der Waals surface area contributed by atoms with Crippen LogP contribution in [-0.2, 0) is 9.53 Å². The molecule has 1 N–H and O–H groups in total. The summed E-state index contributed by atoms with van der Waals surface area (Å²) in [5, 5.41) is 8.45. The first-order valence-electron chi connectivity index (χ1n) is 3.98. The highest BCUT2D eigenvalue weighted by Gasteiger charge is 2.36. The van der Waals surface area contributed by atoms with E-state index in [1.807, 2.05) is 0 Å². The van der Waals surface area contributed by atoms with E-state index in [0.717, 1.165) is 26.1 Å². The second kappa shape index (κ2) is 3.22. The van der Waals surface area contributed by atoms with Crippen LogP contribution in [0.5, 0.6) is 0 Å². The van der Waals surface area contributed by atoms with Crippen molar-refractivity contribution in [1.29, 1.82) is 0 Å². The number of hydrogen-bond acceptors (Lipinski definition) is 2. The van der Waals surface area contributed by atoms with Crippen LogP contribution >= 0.6 is 0 Å². The summed E-state index contributed by atoms with van der Waals surface area (Å²) < 4.78 is 5.07. The Morgan fingerprint density at radius 1 is 1.64 bits per heavy atom. The first kappa shape index (κ1) is 8.53. The van der Waals surface area contributed by atoms with Gasteiger partial charge < -0.3 is 9.84 Å². The third-order valence-corrected chi connectivity index (χ3v) is 2.44. The van der Waals surface area contributed by atoms with Crippen molar-refractivity contribution in [1.82, 2.24) is 0 Å². The summed E-state index contributed by atoms with van der Waals surface area (Å²) in [5.74, 6) is -0.704. The molecule has 1 rings (SSSR count). The van der Waals surface area contributed by atoms with Gasteiger partial charge in [0, 0.05) is 11.8 Å². The maximum absolute atomic E-state index is 10.3. The van der Waals surface area contributed by atoms with Crippen LogP contribution in [0.4, 0.5) is 0 Å². The Labute approximate surface area is 66.4 Å². The lowest BCUT2D eigenvalue weighted by Crippen LogP contribution is -2.42. The first-order valence-corrected chi connectivity index (χ1v) is 3.98. The Hall–Kier alpha value is -0.570. The molecule has 0 unspecified atom stereocenters. The number of carbonyl (C=O) groups is 1. The standard InChI is InChI=1S/C8H14O3/c1-2-8(5-11-6-8)4-3-7(9)10/h2-6H2,1H3,(H,9,10). The third-order valence-electron chi connectivity index (χ3n) is 2.44. The van der Waals surface area contributed by atoms with Crippen molar-refractivity contribution < 1.29 is 14.6 Å². The van der Waals surface area contributed by atoms with Crippen molar-refractivity contribution in [3.8, 4) is 0 Å². The Morgan fingerprint density at radius 3 is 2.55 bits per heavy atom. The van der Waals surface area contributed by atoms with E-state index in [9.17, 15) is 4.79 Å². The molecule has 1 saturated heterocycles. The molecule has 1 heterocycles. The summed E-state index contributed by atoms with van der Waals surface area (Å²) in [6.45, 7) is 3.58. The number of hydrogen-bond donors (Lipinski definition) is 1. The van der Waals surface area contributed by atoms with Gasteiger partial charge in [-0.15, -0.1) is 0 Å². The number of carboxylic acid groups (broad SMARTS) is 1. The molecule has 0 aromatic carbocycles. The molecule has 1 aliphatic rings. The summed E-state index contributed by atoms with van der Waals surface area (Å²) in [6.07, 6.45) is 2.07. The van der Waals surface area contributed by atoms with Crippen LogP contribution in [0, 0.1) is 5.41 Å². The highest BCUT2D eigenvalue weighted by molar-refractivity contribution is 5.66. The lowest BCUT2D eigenvalue weighted by Gasteiger charge is -2.40. The molecule has 0 spiro atoms. The highest BCUT2D eigenvalue weighted by atomic mass is 16.5. The van der Waals surface area contributed by atoms with E-state index in [2.05, 4.69) is 6.92 Å². The van der Waals surface area contributed by atoms with Crippen LogP contribution in [0.1, 0.15) is 26.2 Å². The summed E-state index contributed by atoms with van der Waals surface area (Å²) in [7, 11) is 0. The molecule has 0 radical (unpaired) electrons. The molecule has 0 atom stereocenters. The molecular weight excluding hydrogens is 144 g/mol. The minimum absolute atomic E-state index is 0.193. The normalized spacial score (nSPS) is 20.8. The zero-order valence-electron chi connectivity index (χ0n) is 6.80. The van der Waals surface area contributed by atoms with Crippen molar-refractivity contribution in [2.75, 3.05) is 13.2 Å². The monoisotopic (exact) mass is 158 g/mol. The van der Waals surface area contributed by atoms with Gasteiger partial charge in [0.2, 0.25) is 0 Å². The molecule has 0 amide bonds. The summed E-state index contributed by atoms with van der Waals surface area (Å²) in [4.78, 5) is 10.3. The van der Waals surface area contributed by atoms with Gasteiger partial charge in [0.15, 0.2) is 0 Å². The lowest BCUT2D eigenvalue weighted by atomic mass is 9.79. The fraction of sp³-hybridized carbons (Fsp3) is 0.875. The highest BCUT2D eigenvalue weighted by Crippen LogP contribution is 2.35. The van der Waals surface area contributed by atoms with E-state index in [4.69, 9.17) is 9.84 Å². The smallest absolute Gasteiger partial charge is 0.303 e. The molecule has 0 saturated carbocycles. The van der Waals surface area contributed by atoms with Gasteiger partial charge in [-0.3, -0.25) is 4.79 Å². The van der Waals surface area contributed by atoms with Crippen molar-refractivity contribution in [2.45, 2.75) is 26.2 Å². The topological polar surface area (TPSA) is 46.5 Å². The van der Waals surface area contributed by atoms with Gasteiger partial charge in [-0.1, -0.05) is 6.92 Å². The zero-order chi connectivity index (χ0) is 8.32. The van der Waals surface area contributed by atoms with E-state index < -0.39 is 5.97 Å². The Bertz CT molecular complexity index is 144. The SMILES string of the molecule is CCC1(CCC(=O)O)COC1. The molecular formula is C8H14O3. The average Bonchev–Trinajstić information content (AvgIpc) is 1.86. The van der Waals surface area contributed by atoms with Crippen molar-refractivity contribution in [3.05, 3.63) is 0 Å². The first-order chi connectivity index (χ1) is 5.18. The molecule has 64 valence electrons. The zero-order valence-corrected chi connectivity index (χ0v) is 6.80. The van der Waals surface area contributed by atoms with E-state index in [1.54, 1.807) is 0 Å². The molecule has 3 heteroatoms. The Kier molecular flexibility index (Phi) is 2.49. The Balaban J connectivity index is 2.27. The lowest BCUT2D eigenvalue weighted by molar-refractivity contribution is -0.144. The second-order valence-electron chi connectivity index (χ2n) is 3.24. The van der Waals surface area contributed by atoms with Crippen LogP contribution in [-0.4, -0.2) is 24.3 Å². The average molecular weight is 158 g/mol. The van der Waals surface area contributed by atoms with Gasteiger partial charge in [-0.05, 0) is 12.8 Å². The molecule has 1 fully saturated rings. The summed E-state index contributed by atoms with van der Waals surface area (Å²) in [5.41, 5.74) is 0.193. The van der Waals surface area contributed by atoms with Gasteiger partial charge in [-0.2, -0.15) is 0 Å². The number of rotatable bonds is 4. The Morgan fingerprint density at radius 2 is 2.27 bits per heavy atom. The van der Waals surface area contributed by atoms with E-state index in [1.165, 1.54) is 0 Å². The third kappa shape index (κ3) is 1.93. The fourth-order valence-electron chi connectivity index (χ4n) is 1.29. The van der Waals surface area contributed by atoms with Gasteiger partial charge in [0.1, 0.15) is 0 Å². The largest absolute Gasteiger partial charge is 0.481 e.